The summed E-state index contributed by atoms with van der Waals surface area (Å²) in [4.78, 5) is 14.3. The summed E-state index contributed by atoms with van der Waals surface area (Å²) >= 11 is 0. The van der Waals surface area contributed by atoms with E-state index < -0.39 is 23.3 Å². The quantitative estimate of drug-likeness (QED) is 0.852. The first-order valence-electron chi connectivity index (χ1n) is 8.63. The molecule has 4 nitrogen and oxygen atoms in total. The van der Waals surface area contributed by atoms with E-state index in [2.05, 4.69) is 5.32 Å². The Balaban J connectivity index is 1.80. The maximum Gasteiger partial charge on any atom is 0.322 e. The van der Waals surface area contributed by atoms with Gasteiger partial charge in [-0.2, -0.15) is 0 Å². The number of benzene rings is 2. The van der Waals surface area contributed by atoms with Crippen LogP contribution in [-0.2, 0) is 0 Å². The van der Waals surface area contributed by atoms with Crippen molar-refractivity contribution in [3.05, 3.63) is 54.1 Å². The highest BCUT2D eigenvalue weighted by molar-refractivity contribution is 5.91. The molecule has 2 atom stereocenters. The van der Waals surface area contributed by atoms with Crippen LogP contribution in [-0.4, -0.2) is 34.2 Å². The van der Waals surface area contributed by atoms with Gasteiger partial charge >= 0.3 is 6.03 Å². The number of hydrogen-bond acceptors (Lipinski definition) is 2. The Morgan fingerprint density at radius 2 is 1.92 bits per heavy atom. The molecule has 1 heterocycles. The molecule has 2 N–H and O–H groups in total. The molecular formula is C20H22F2N2O2. The minimum atomic E-state index is -0.915. The normalized spacial score (nSPS) is 20.9. The second kappa shape index (κ2) is 7.03. The van der Waals surface area contributed by atoms with Crippen LogP contribution in [0, 0.1) is 11.6 Å². The third-order valence-corrected chi connectivity index (χ3v) is 5.19. The first kappa shape index (κ1) is 18.3. The molecule has 6 heteroatoms. The number of halogens is 2. The van der Waals surface area contributed by atoms with Crippen molar-refractivity contribution in [3.8, 4) is 11.1 Å². The van der Waals surface area contributed by atoms with Gasteiger partial charge in [0, 0.05) is 12.2 Å². The van der Waals surface area contributed by atoms with Crippen LogP contribution in [0.1, 0.15) is 26.7 Å². The summed E-state index contributed by atoms with van der Waals surface area (Å²) in [5, 5.41) is 12.9. The first-order chi connectivity index (χ1) is 12.3. The summed E-state index contributed by atoms with van der Waals surface area (Å²) < 4.78 is 26.6. The van der Waals surface area contributed by atoms with Gasteiger partial charge in [-0.3, -0.25) is 0 Å². The van der Waals surface area contributed by atoms with Crippen molar-refractivity contribution in [3.63, 3.8) is 0 Å². The molecule has 1 saturated heterocycles. The van der Waals surface area contributed by atoms with Gasteiger partial charge in [0.2, 0.25) is 0 Å². The molecule has 0 radical (unpaired) electrons. The van der Waals surface area contributed by atoms with E-state index in [4.69, 9.17) is 0 Å². The zero-order valence-electron chi connectivity index (χ0n) is 14.8. The van der Waals surface area contributed by atoms with Gasteiger partial charge in [0.05, 0.1) is 11.6 Å². The van der Waals surface area contributed by atoms with Gasteiger partial charge in [0.1, 0.15) is 0 Å². The van der Waals surface area contributed by atoms with Crippen LogP contribution in [0.2, 0.25) is 0 Å². The largest absolute Gasteiger partial charge is 0.391 e. The molecule has 1 aliphatic rings. The van der Waals surface area contributed by atoms with Crippen LogP contribution in [0.4, 0.5) is 19.3 Å². The number of carbonyl (C=O) groups excluding carboxylic acids is 1. The number of nitrogens with one attached hydrogen (secondary N) is 1. The summed E-state index contributed by atoms with van der Waals surface area (Å²) in [6, 6.07) is 10.4. The van der Waals surface area contributed by atoms with Crippen LogP contribution in [0.3, 0.4) is 0 Å². The average molecular weight is 360 g/mol. The van der Waals surface area contributed by atoms with Crippen molar-refractivity contribution in [2.75, 3.05) is 11.9 Å². The van der Waals surface area contributed by atoms with Gasteiger partial charge in [0.25, 0.3) is 0 Å². The van der Waals surface area contributed by atoms with E-state index in [1.807, 2.05) is 6.92 Å². The number of likely N-dealkylation sites (tertiary alicyclic amines) is 1. The molecule has 2 aromatic rings. The summed E-state index contributed by atoms with van der Waals surface area (Å²) in [5.74, 6) is -1.81. The lowest BCUT2D eigenvalue weighted by atomic mass is 9.93. The van der Waals surface area contributed by atoms with Gasteiger partial charge in [-0.05, 0) is 62.1 Å². The van der Waals surface area contributed by atoms with Gasteiger partial charge in [-0.25, -0.2) is 13.6 Å². The predicted octanol–water partition coefficient (Wildman–Crippen LogP) is 4.40. The molecule has 1 aliphatic heterocycles. The minimum Gasteiger partial charge on any atom is -0.391 e. The Labute approximate surface area is 151 Å². The molecule has 0 saturated carbocycles. The molecule has 0 aromatic heterocycles. The van der Waals surface area contributed by atoms with Crippen molar-refractivity contribution >= 4 is 11.7 Å². The van der Waals surface area contributed by atoms with Crippen LogP contribution in [0.25, 0.3) is 11.1 Å². The van der Waals surface area contributed by atoms with E-state index in [-0.39, 0.29) is 6.03 Å². The lowest BCUT2D eigenvalue weighted by Gasteiger charge is -2.37. The standard InChI is InChI=1S/C20H22F2N2O2/c1-13(25)20(2)9-4-10-24(20)19(26)23-16-6-3-5-14(11-16)15-7-8-17(21)18(22)12-15/h3,5-8,11-13,25H,4,9-10H2,1-2H3,(H,23,26)/t13?,20-/m0/s1. The number of aliphatic hydroxyl groups is 1. The average Bonchev–Trinajstić information content (AvgIpc) is 3.01. The lowest BCUT2D eigenvalue weighted by molar-refractivity contribution is 0.0384. The number of aliphatic hydroxyl groups excluding tert-OH is 1. The zero-order valence-corrected chi connectivity index (χ0v) is 14.8. The lowest BCUT2D eigenvalue weighted by Crippen LogP contribution is -2.53. The predicted molar refractivity (Wildman–Crippen MR) is 96.8 cm³/mol. The molecule has 0 aliphatic carbocycles. The van der Waals surface area contributed by atoms with Crippen LogP contribution in [0.15, 0.2) is 42.5 Å². The van der Waals surface area contributed by atoms with Gasteiger partial charge in [0.15, 0.2) is 11.6 Å². The Bertz CT molecular complexity index is 825. The van der Waals surface area contributed by atoms with Crippen molar-refractivity contribution in [2.24, 2.45) is 0 Å². The monoisotopic (exact) mass is 360 g/mol. The van der Waals surface area contributed by atoms with Crippen molar-refractivity contribution in [2.45, 2.75) is 38.3 Å². The first-order valence-corrected chi connectivity index (χ1v) is 8.63. The van der Waals surface area contributed by atoms with Crippen molar-refractivity contribution in [1.82, 2.24) is 4.90 Å². The molecular weight excluding hydrogens is 338 g/mol. The molecule has 0 spiro atoms. The van der Waals surface area contributed by atoms with E-state index in [9.17, 15) is 18.7 Å². The molecule has 2 aromatic carbocycles. The fraction of sp³-hybridized carbons (Fsp3) is 0.350. The molecule has 138 valence electrons. The number of anilines is 1. The molecule has 3 rings (SSSR count). The van der Waals surface area contributed by atoms with Gasteiger partial charge in [-0.15, -0.1) is 0 Å². The van der Waals surface area contributed by atoms with E-state index >= 15 is 0 Å². The number of urea groups is 1. The third kappa shape index (κ3) is 3.42. The molecule has 2 amide bonds. The fourth-order valence-electron chi connectivity index (χ4n) is 3.40. The van der Waals surface area contributed by atoms with Crippen molar-refractivity contribution in [1.29, 1.82) is 0 Å². The van der Waals surface area contributed by atoms with Gasteiger partial charge in [-0.1, -0.05) is 18.2 Å². The number of amides is 2. The maximum atomic E-state index is 13.5. The number of carbonyl (C=O) groups is 1. The Morgan fingerprint density at radius 3 is 2.62 bits per heavy atom. The Kier molecular flexibility index (Phi) is 4.96. The zero-order chi connectivity index (χ0) is 18.9. The third-order valence-electron chi connectivity index (χ3n) is 5.19. The number of hydrogen-bond donors (Lipinski definition) is 2. The van der Waals surface area contributed by atoms with E-state index in [0.29, 0.717) is 23.4 Å². The second-order valence-electron chi connectivity index (χ2n) is 6.93. The number of rotatable bonds is 3. The van der Waals surface area contributed by atoms with Gasteiger partial charge < -0.3 is 15.3 Å². The molecule has 0 bridgehead atoms. The van der Waals surface area contributed by atoms with E-state index in [1.165, 1.54) is 6.07 Å². The summed E-state index contributed by atoms with van der Waals surface area (Å²) in [7, 11) is 0. The summed E-state index contributed by atoms with van der Waals surface area (Å²) in [6.45, 7) is 4.15. The highest BCUT2D eigenvalue weighted by Crippen LogP contribution is 2.33. The topological polar surface area (TPSA) is 52.6 Å². The molecule has 1 fully saturated rings. The highest BCUT2D eigenvalue weighted by Gasteiger charge is 2.43. The van der Waals surface area contributed by atoms with Crippen LogP contribution < -0.4 is 5.32 Å². The molecule has 1 unspecified atom stereocenters. The highest BCUT2D eigenvalue weighted by atomic mass is 19.2. The van der Waals surface area contributed by atoms with Crippen LogP contribution >= 0.6 is 0 Å². The molecule has 26 heavy (non-hydrogen) atoms. The Hall–Kier alpha value is -2.47. The summed E-state index contributed by atoms with van der Waals surface area (Å²) in [6.07, 6.45) is 0.945. The minimum absolute atomic E-state index is 0.284. The SMILES string of the molecule is CC(O)[C@]1(C)CCCN1C(=O)Nc1cccc(-c2ccc(F)c(F)c2)c1. The van der Waals surface area contributed by atoms with E-state index in [0.717, 1.165) is 25.0 Å². The number of nitrogens with zero attached hydrogens (tertiary/aromatic N) is 1. The maximum absolute atomic E-state index is 13.5. The summed E-state index contributed by atoms with van der Waals surface area (Å²) in [5.41, 5.74) is 1.15. The van der Waals surface area contributed by atoms with Crippen molar-refractivity contribution < 1.29 is 18.7 Å². The fourth-order valence-corrected chi connectivity index (χ4v) is 3.40. The second-order valence-corrected chi connectivity index (χ2v) is 6.93. The Morgan fingerprint density at radius 1 is 1.19 bits per heavy atom. The smallest absolute Gasteiger partial charge is 0.322 e. The van der Waals surface area contributed by atoms with Crippen LogP contribution in [0.5, 0.6) is 0 Å². The van der Waals surface area contributed by atoms with E-state index in [1.54, 1.807) is 36.1 Å².